The molecule has 0 bridgehead atoms. The van der Waals surface area contributed by atoms with Gasteiger partial charge >= 0.3 is 0 Å². The molecule has 1 rings (SSSR count). The van der Waals surface area contributed by atoms with Gasteiger partial charge in [-0.2, -0.15) is 0 Å². The minimum absolute atomic E-state index is 0.360. The van der Waals surface area contributed by atoms with Crippen molar-refractivity contribution in [3.05, 3.63) is 23.7 Å². The second kappa shape index (κ2) is 2.58. The molecule has 1 aliphatic heterocycles. The SMILES string of the molecule is C/C=C1\OCO\C1=C\C. The maximum atomic E-state index is 5.08. The van der Waals surface area contributed by atoms with Crippen molar-refractivity contribution in [2.45, 2.75) is 13.8 Å². The van der Waals surface area contributed by atoms with Crippen LogP contribution in [0.2, 0.25) is 0 Å². The summed E-state index contributed by atoms with van der Waals surface area (Å²) in [4.78, 5) is 0. The van der Waals surface area contributed by atoms with Crippen molar-refractivity contribution in [2.75, 3.05) is 6.79 Å². The summed E-state index contributed by atoms with van der Waals surface area (Å²) in [5, 5.41) is 0. The van der Waals surface area contributed by atoms with Crippen LogP contribution in [0.4, 0.5) is 0 Å². The number of ether oxygens (including phenoxy) is 2. The number of rotatable bonds is 0. The van der Waals surface area contributed by atoms with Gasteiger partial charge in [-0.25, -0.2) is 0 Å². The van der Waals surface area contributed by atoms with Crippen LogP contribution in [0.1, 0.15) is 13.8 Å². The zero-order valence-electron chi connectivity index (χ0n) is 5.68. The van der Waals surface area contributed by atoms with Gasteiger partial charge in [0.25, 0.3) is 0 Å². The minimum atomic E-state index is 0.360. The van der Waals surface area contributed by atoms with Crippen LogP contribution in [-0.2, 0) is 9.47 Å². The van der Waals surface area contributed by atoms with Gasteiger partial charge in [0.2, 0.25) is 6.79 Å². The maximum Gasteiger partial charge on any atom is 0.231 e. The molecular formula is C7H10O2. The summed E-state index contributed by atoms with van der Waals surface area (Å²) in [6.45, 7) is 4.21. The molecule has 0 aromatic heterocycles. The van der Waals surface area contributed by atoms with Crippen LogP contribution in [0.3, 0.4) is 0 Å². The van der Waals surface area contributed by atoms with Gasteiger partial charge in [-0.15, -0.1) is 0 Å². The fourth-order valence-corrected chi connectivity index (χ4v) is 0.750. The van der Waals surface area contributed by atoms with Crippen molar-refractivity contribution in [1.29, 1.82) is 0 Å². The molecule has 1 heterocycles. The molecule has 50 valence electrons. The Labute approximate surface area is 54.8 Å². The number of hydrogen-bond acceptors (Lipinski definition) is 2. The van der Waals surface area contributed by atoms with E-state index in [-0.39, 0.29) is 0 Å². The molecule has 0 N–H and O–H groups in total. The highest BCUT2D eigenvalue weighted by Crippen LogP contribution is 2.19. The van der Waals surface area contributed by atoms with E-state index >= 15 is 0 Å². The van der Waals surface area contributed by atoms with Crippen LogP contribution in [-0.4, -0.2) is 6.79 Å². The van der Waals surface area contributed by atoms with Gasteiger partial charge in [-0.3, -0.25) is 0 Å². The normalized spacial score (nSPS) is 26.4. The predicted octanol–water partition coefficient (Wildman–Crippen LogP) is 1.80. The fourth-order valence-electron chi connectivity index (χ4n) is 0.750. The second-order valence-electron chi connectivity index (χ2n) is 1.71. The topological polar surface area (TPSA) is 18.5 Å². The van der Waals surface area contributed by atoms with Crippen LogP contribution in [0.15, 0.2) is 23.7 Å². The van der Waals surface area contributed by atoms with Gasteiger partial charge in [0.05, 0.1) is 0 Å². The van der Waals surface area contributed by atoms with Crippen molar-refractivity contribution < 1.29 is 9.47 Å². The monoisotopic (exact) mass is 126 g/mol. The lowest BCUT2D eigenvalue weighted by Crippen LogP contribution is -1.78. The Morgan fingerprint density at radius 2 is 1.56 bits per heavy atom. The Morgan fingerprint density at radius 3 is 1.89 bits per heavy atom. The zero-order valence-corrected chi connectivity index (χ0v) is 5.68. The van der Waals surface area contributed by atoms with E-state index in [0.29, 0.717) is 6.79 Å². The first-order valence-electron chi connectivity index (χ1n) is 2.97. The van der Waals surface area contributed by atoms with E-state index in [1.54, 1.807) is 0 Å². The Kier molecular flexibility index (Phi) is 1.78. The molecule has 2 heteroatoms. The van der Waals surface area contributed by atoms with Crippen molar-refractivity contribution in [3.8, 4) is 0 Å². The molecule has 0 aromatic rings. The molecule has 0 spiro atoms. The molecule has 0 aliphatic carbocycles. The molecule has 0 amide bonds. The van der Waals surface area contributed by atoms with E-state index in [9.17, 15) is 0 Å². The van der Waals surface area contributed by atoms with Crippen molar-refractivity contribution in [3.63, 3.8) is 0 Å². The Balaban J connectivity index is 2.75. The first-order chi connectivity index (χ1) is 4.38. The molecule has 0 aromatic carbocycles. The standard InChI is InChI=1S/C7H10O2/c1-3-6-7(4-2)9-5-8-6/h3-4H,5H2,1-2H3/b6-3-,7-4+. The third-order valence-corrected chi connectivity index (χ3v) is 1.20. The van der Waals surface area contributed by atoms with E-state index in [4.69, 9.17) is 9.47 Å². The lowest BCUT2D eigenvalue weighted by Gasteiger charge is -1.90. The van der Waals surface area contributed by atoms with Gasteiger partial charge in [-0.05, 0) is 26.0 Å². The van der Waals surface area contributed by atoms with E-state index in [1.807, 2.05) is 26.0 Å². The molecule has 1 aliphatic rings. The molecule has 1 fully saturated rings. The predicted molar refractivity (Wildman–Crippen MR) is 34.6 cm³/mol. The average molecular weight is 126 g/mol. The summed E-state index contributed by atoms with van der Waals surface area (Å²) in [6, 6.07) is 0. The first kappa shape index (κ1) is 6.20. The Bertz CT molecular complexity index is 138. The van der Waals surface area contributed by atoms with Crippen LogP contribution >= 0.6 is 0 Å². The van der Waals surface area contributed by atoms with Crippen LogP contribution in [0.5, 0.6) is 0 Å². The number of hydrogen-bond donors (Lipinski definition) is 0. The largest absolute Gasteiger partial charge is 0.454 e. The van der Waals surface area contributed by atoms with E-state index in [0.717, 1.165) is 11.5 Å². The van der Waals surface area contributed by atoms with Crippen LogP contribution in [0, 0.1) is 0 Å². The molecule has 1 saturated heterocycles. The van der Waals surface area contributed by atoms with Crippen LogP contribution < -0.4 is 0 Å². The van der Waals surface area contributed by atoms with Gasteiger partial charge in [0.15, 0.2) is 11.5 Å². The fraction of sp³-hybridized carbons (Fsp3) is 0.429. The summed E-state index contributed by atoms with van der Waals surface area (Å²) >= 11 is 0. The Hall–Kier alpha value is -0.920. The Morgan fingerprint density at radius 1 is 1.11 bits per heavy atom. The molecule has 2 nitrogen and oxygen atoms in total. The molecule has 0 unspecified atom stereocenters. The second-order valence-corrected chi connectivity index (χ2v) is 1.71. The van der Waals surface area contributed by atoms with Crippen molar-refractivity contribution >= 4 is 0 Å². The highest BCUT2D eigenvalue weighted by atomic mass is 16.7. The summed E-state index contributed by atoms with van der Waals surface area (Å²) in [6.07, 6.45) is 3.78. The zero-order chi connectivity index (χ0) is 6.69. The van der Waals surface area contributed by atoms with E-state index in [2.05, 4.69) is 0 Å². The minimum Gasteiger partial charge on any atom is -0.454 e. The first-order valence-corrected chi connectivity index (χ1v) is 2.97. The lowest BCUT2D eigenvalue weighted by atomic mass is 10.4. The van der Waals surface area contributed by atoms with Gasteiger partial charge in [0.1, 0.15) is 0 Å². The summed E-state index contributed by atoms with van der Waals surface area (Å²) in [5.41, 5.74) is 0. The van der Waals surface area contributed by atoms with Gasteiger partial charge in [-0.1, -0.05) is 0 Å². The lowest BCUT2D eigenvalue weighted by molar-refractivity contribution is 0.0975. The molecule has 0 atom stereocenters. The quantitative estimate of drug-likeness (QED) is 0.492. The summed E-state index contributed by atoms with van der Waals surface area (Å²) < 4.78 is 10.2. The third-order valence-electron chi connectivity index (χ3n) is 1.20. The average Bonchev–Trinajstić information content (AvgIpc) is 2.33. The molecular weight excluding hydrogens is 116 g/mol. The van der Waals surface area contributed by atoms with Gasteiger partial charge < -0.3 is 9.47 Å². The highest BCUT2D eigenvalue weighted by Gasteiger charge is 2.12. The van der Waals surface area contributed by atoms with Crippen molar-refractivity contribution in [2.24, 2.45) is 0 Å². The van der Waals surface area contributed by atoms with E-state index < -0.39 is 0 Å². The molecule has 9 heavy (non-hydrogen) atoms. The molecule has 0 radical (unpaired) electrons. The summed E-state index contributed by atoms with van der Waals surface area (Å²) in [5.74, 6) is 1.69. The van der Waals surface area contributed by atoms with E-state index in [1.165, 1.54) is 0 Å². The third kappa shape index (κ3) is 1.07. The summed E-state index contributed by atoms with van der Waals surface area (Å²) in [7, 11) is 0. The maximum absolute atomic E-state index is 5.08. The smallest absolute Gasteiger partial charge is 0.231 e. The molecule has 0 saturated carbocycles. The van der Waals surface area contributed by atoms with Gasteiger partial charge in [0, 0.05) is 0 Å². The van der Waals surface area contributed by atoms with Crippen LogP contribution in [0.25, 0.3) is 0 Å². The highest BCUT2D eigenvalue weighted by molar-refractivity contribution is 5.20. The van der Waals surface area contributed by atoms with Crippen molar-refractivity contribution in [1.82, 2.24) is 0 Å². The number of allylic oxidation sites excluding steroid dienone is 2.